The molecule has 1 aliphatic rings. The standard InChI is InChI=1S/C17H22N4O/c1-21(2)11-12-4-3-5-13(8-12)17(22)19-15-7-6-14-10-18-20-16(14)9-15/h3-5,8,10,15H,6-7,9,11H2,1-2H3,(H,18,20)(H,19,22)/t15-/m0/s1. The minimum Gasteiger partial charge on any atom is -0.349 e. The van der Waals surface area contributed by atoms with Gasteiger partial charge >= 0.3 is 0 Å². The average Bonchev–Trinajstić information content (AvgIpc) is 2.94. The number of amides is 1. The molecule has 0 saturated heterocycles. The van der Waals surface area contributed by atoms with Crippen LogP contribution in [0.1, 0.15) is 33.6 Å². The Labute approximate surface area is 130 Å². The van der Waals surface area contributed by atoms with Gasteiger partial charge in [0.15, 0.2) is 0 Å². The van der Waals surface area contributed by atoms with E-state index in [0.29, 0.717) is 0 Å². The summed E-state index contributed by atoms with van der Waals surface area (Å²) < 4.78 is 0. The predicted molar refractivity (Wildman–Crippen MR) is 85.7 cm³/mol. The van der Waals surface area contributed by atoms with Crippen molar-refractivity contribution in [2.75, 3.05) is 14.1 Å². The number of fused-ring (bicyclic) bond motifs is 1. The van der Waals surface area contributed by atoms with Gasteiger partial charge in [0.1, 0.15) is 0 Å². The monoisotopic (exact) mass is 298 g/mol. The average molecular weight is 298 g/mol. The second-order valence-corrected chi connectivity index (χ2v) is 6.23. The van der Waals surface area contributed by atoms with Gasteiger partial charge in [0.25, 0.3) is 5.91 Å². The fraction of sp³-hybridized carbons (Fsp3) is 0.412. The smallest absolute Gasteiger partial charge is 0.251 e. The maximum atomic E-state index is 12.5. The molecule has 1 aromatic carbocycles. The molecule has 3 rings (SSSR count). The SMILES string of the molecule is CN(C)Cc1cccc(C(=O)N[C@H]2CCc3cn[nH]c3C2)c1. The number of benzene rings is 1. The summed E-state index contributed by atoms with van der Waals surface area (Å²) in [6, 6.07) is 8.02. The van der Waals surface area contributed by atoms with Crippen LogP contribution in [0.25, 0.3) is 0 Å². The number of rotatable bonds is 4. The summed E-state index contributed by atoms with van der Waals surface area (Å²) in [5, 5.41) is 10.2. The summed E-state index contributed by atoms with van der Waals surface area (Å²) in [5.41, 5.74) is 4.31. The van der Waals surface area contributed by atoms with E-state index in [1.54, 1.807) is 0 Å². The van der Waals surface area contributed by atoms with Crippen LogP contribution in [0.3, 0.4) is 0 Å². The van der Waals surface area contributed by atoms with Gasteiger partial charge in [0.05, 0.1) is 6.20 Å². The van der Waals surface area contributed by atoms with Crippen molar-refractivity contribution in [1.82, 2.24) is 20.4 Å². The molecule has 0 saturated carbocycles. The van der Waals surface area contributed by atoms with E-state index >= 15 is 0 Å². The first kappa shape index (κ1) is 14.8. The first-order chi connectivity index (χ1) is 10.6. The van der Waals surface area contributed by atoms with Gasteiger partial charge in [-0.3, -0.25) is 9.89 Å². The van der Waals surface area contributed by atoms with Gasteiger partial charge in [-0.1, -0.05) is 12.1 Å². The first-order valence-electron chi connectivity index (χ1n) is 7.67. The highest BCUT2D eigenvalue weighted by molar-refractivity contribution is 5.94. The van der Waals surface area contributed by atoms with Gasteiger partial charge in [-0.05, 0) is 50.2 Å². The Morgan fingerprint density at radius 3 is 3.14 bits per heavy atom. The van der Waals surface area contributed by atoms with Crippen LogP contribution in [0.2, 0.25) is 0 Å². The van der Waals surface area contributed by atoms with Crippen molar-refractivity contribution in [1.29, 1.82) is 0 Å². The summed E-state index contributed by atoms with van der Waals surface area (Å²) in [5.74, 6) is 0.00794. The van der Waals surface area contributed by atoms with Crippen LogP contribution in [0, 0.1) is 0 Å². The number of H-pyrrole nitrogens is 1. The van der Waals surface area contributed by atoms with E-state index in [2.05, 4.69) is 20.4 Å². The summed E-state index contributed by atoms with van der Waals surface area (Å²) >= 11 is 0. The van der Waals surface area contributed by atoms with Crippen molar-refractivity contribution in [3.05, 3.63) is 52.8 Å². The fourth-order valence-corrected chi connectivity index (χ4v) is 2.98. The summed E-state index contributed by atoms with van der Waals surface area (Å²) in [6.45, 7) is 0.835. The maximum Gasteiger partial charge on any atom is 0.251 e. The van der Waals surface area contributed by atoms with E-state index in [9.17, 15) is 4.79 Å². The molecular weight excluding hydrogens is 276 g/mol. The Kier molecular flexibility index (Phi) is 4.24. The van der Waals surface area contributed by atoms with E-state index in [1.807, 2.05) is 44.6 Å². The van der Waals surface area contributed by atoms with E-state index in [-0.39, 0.29) is 11.9 Å². The maximum absolute atomic E-state index is 12.5. The molecule has 116 valence electrons. The molecule has 1 heterocycles. The number of nitrogens with one attached hydrogen (secondary N) is 2. The predicted octanol–water partition coefficient (Wildman–Crippen LogP) is 1.76. The second-order valence-electron chi connectivity index (χ2n) is 6.23. The number of carbonyl (C=O) groups is 1. The van der Waals surface area contributed by atoms with Gasteiger partial charge in [-0.25, -0.2) is 0 Å². The van der Waals surface area contributed by atoms with E-state index in [4.69, 9.17) is 0 Å². The highest BCUT2D eigenvalue weighted by Gasteiger charge is 2.22. The van der Waals surface area contributed by atoms with E-state index in [0.717, 1.165) is 42.6 Å². The summed E-state index contributed by atoms with van der Waals surface area (Å²) in [6.07, 6.45) is 4.66. The third kappa shape index (κ3) is 3.36. The quantitative estimate of drug-likeness (QED) is 0.904. The molecular formula is C17H22N4O. The van der Waals surface area contributed by atoms with E-state index < -0.39 is 0 Å². The van der Waals surface area contributed by atoms with Crippen molar-refractivity contribution in [3.63, 3.8) is 0 Å². The second kappa shape index (κ2) is 6.32. The zero-order valence-electron chi connectivity index (χ0n) is 13.1. The molecule has 22 heavy (non-hydrogen) atoms. The summed E-state index contributed by atoms with van der Waals surface area (Å²) in [4.78, 5) is 14.5. The number of aryl methyl sites for hydroxylation is 1. The Hall–Kier alpha value is -2.14. The number of aromatic nitrogens is 2. The fourth-order valence-electron chi connectivity index (χ4n) is 2.98. The Balaban J connectivity index is 1.65. The molecule has 2 N–H and O–H groups in total. The minimum atomic E-state index is 0.00794. The van der Waals surface area contributed by atoms with Crippen LogP contribution in [0.4, 0.5) is 0 Å². The molecule has 1 atom stereocenters. The molecule has 1 aliphatic carbocycles. The lowest BCUT2D eigenvalue weighted by molar-refractivity contribution is 0.0933. The molecule has 1 aromatic heterocycles. The molecule has 2 aromatic rings. The van der Waals surface area contributed by atoms with Crippen LogP contribution < -0.4 is 5.32 Å². The van der Waals surface area contributed by atoms with Gasteiger partial charge in [0, 0.05) is 30.3 Å². The van der Waals surface area contributed by atoms with Gasteiger partial charge in [-0.2, -0.15) is 5.10 Å². The van der Waals surface area contributed by atoms with Gasteiger partial charge in [-0.15, -0.1) is 0 Å². The van der Waals surface area contributed by atoms with Crippen LogP contribution in [0.15, 0.2) is 30.5 Å². The third-order valence-electron chi connectivity index (χ3n) is 4.04. The lowest BCUT2D eigenvalue weighted by atomic mass is 9.93. The molecule has 0 aliphatic heterocycles. The topological polar surface area (TPSA) is 61.0 Å². The molecule has 1 amide bonds. The normalized spacial score (nSPS) is 17.3. The van der Waals surface area contributed by atoms with Crippen molar-refractivity contribution in [2.45, 2.75) is 31.8 Å². The van der Waals surface area contributed by atoms with Crippen LogP contribution in [-0.2, 0) is 19.4 Å². The highest BCUT2D eigenvalue weighted by Crippen LogP contribution is 2.19. The first-order valence-corrected chi connectivity index (χ1v) is 7.67. The van der Waals surface area contributed by atoms with E-state index in [1.165, 1.54) is 5.56 Å². The van der Waals surface area contributed by atoms with Crippen molar-refractivity contribution >= 4 is 5.91 Å². The Morgan fingerprint density at radius 2 is 2.32 bits per heavy atom. The highest BCUT2D eigenvalue weighted by atomic mass is 16.1. The van der Waals surface area contributed by atoms with Crippen LogP contribution in [0.5, 0.6) is 0 Å². The zero-order valence-corrected chi connectivity index (χ0v) is 13.1. The number of aromatic amines is 1. The lowest BCUT2D eigenvalue weighted by Crippen LogP contribution is -2.38. The molecule has 5 heteroatoms. The zero-order chi connectivity index (χ0) is 15.5. The van der Waals surface area contributed by atoms with Crippen molar-refractivity contribution in [2.24, 2.45) is 0 Å². The lowest BCUT2D eigenvalue weighted by Gasteiger charge is -2.23. The van der Waals surface area contributed by atoms with Gasteiger partial charge in [0.2, 0.25) is 0 Å². The number of nitrogens with zero attached hydrogens (tertiary/aromatic N) is 2. The molecule has 0 unspecified atom stereocenters. The minimum absolute atomic E-state index is 0.00794. The van der Waals surface area contributed by atoms with Gasteiger partial charge < -0.3 is 10.2 Å². The van der Waals surface area contributed by atoms with Crippen molar-refractivity contribution < 1.29 is 4.79 Å². The molecule has 0 fully saturated rings. The van der Waals surface area contributed by atoms with Crippen molar-refractivity contribution in [3.8, 4) is 0 Å². The Bertz CT molecular complexity index is 662. The summed E-state index contributed by atoms with van der Waals surface area (Å²) in [7, 11) is 4.05. The molecule has 5 nitrogen and oxygen atoms in total. The number of carbonyl (C=O) groups excluding carboxylic acids is 1. The largest absolute Gasteiger partial charge is 0.349 e. The number of hydrogen-bond acceptors (Lipinski definition) is 3. The van der Waals surface area contributed by atoms with Crippen LogP contribution in [-0.4, -0.2) is 41.1 Å². The third-order valence-corrected chi connectivity index (χ3v) is 4.04. The molecule has 0 bridgehead atoms. The Morgan fingerprint density at radius 1 is 1.45 bits per heavy atom. The number of hydrogen-bond donors (Lipinski definition) is 2. The van der Waals surface area contributed by atoms with Crippen LogP contribution >= 0.6 is 0 Å². The molecule has 0 spiro atoms. The molecule has 0 radical (unpaired) electrons.